The Morgan fingerprint density at radius 1 is 1.11 bits per heavy atom. The summed E-state index contributed by atoms with van der Waals surface area (Å²) in [6.45, 7) is 0.546. The van der Waals surface area contributed by atoms with Gasteiger partial charge in [-0.05, 0) is 35.9 Å². The number of fused-ring (bicyclic) bond motifs is 1. The topological polar surface area (TPSA) is 90.9 Å². The molecule has 0 amide bonds. The number of nitrogens with zero attached hydrogens (tertiary/aromatic N) is 4. The lowest BCUT2D eigenvalue weighted by molar-refractivity contribution is 0.442. The van der Waals surface area contributed by atoms with Gasteiger partial charge in [-0.15, -0.1) is 0 Å². The molecule has 0 saturated heterocycles. The molecule has 7 nitrogen and oxygen atoms in total. The van der Waals surface area contributed by atoms with E-state index in [0.717, 1.165) is 22.5 Å². The minimum atomic E-state index is 0.177. The third kappa shape index (κ3) is 3.81. The number of rotatable bonds is 5. The summed E-state index contributed by atoms with van der Waals surface area (Å²) >= 11 is 12.1. The molecule has 4 rings (SSSR count). The Morgan fingerprint density at radius 3 is 2.64 bits per heavy atom. The quantitative estimate of drug-likeness (QED) is 0.461. The average Bonchev–Trinajstić information content (AvgIpc) is 2.99. The number of aromatic nitrogens is 4. The third-order valence-electron chi connectivity index (χ3n) is 4.15. The number of hydrogen-bond donors (Lipinski definition) is 2. The van der Waals surface area contributed by atoms with Gasteiger partial charge in [0, 0.05) is 19.3 Å². The van der Waals surface area contributed by atoms with Crippen molar-refractivity contribution in [1.29, 1.82) is 0 Å². The van der Waals surface area contributed by atoms with Crippen molar-refractivity contribution in [3.8, 4) is 11.8 Å². The molecule has 2 aromatic carbocycles. The predicted molar refractivity (Wildman–Crippen MR) is 111 cm³/mol. The SMILES string of the molecule is Cn1c(NCc2ccc(Oc3ncc(Cl)cn3)c(Cl)c2)nc2ccc(N)cc21. The van der Waals surface area contributed by atoms with E-state index >= 15 is 0 Å². The van der Waals surface area contributed by atoms with Crippen LogP contribution in [0.15, 0.2) is 48.8 Å². The van der Waals surface area contributed by atoms with E-state index in [1.165, 1.54) is 12.4 Å². The average molecular weight is 415 g/mol. The summed E-state index contributed by atoms with van der Waals surface area (Å²) in [6, 6.07) is 11.3. The maximum absolute atomic E-state index is 6.34. The van der Waals surface area contributed by atoms with Gasteiger partial charge < -0.3 is 20.4 Å². The zero-order valence-corrected chi connectivity index (χ0v) is 16.4. The second-order valence-corrected chi connectivity index (χ2v) is 6.99. The Morgan fingerprint density at radius 2 is 1.89 bits per heavy atom. The number of benzene rings is 2. The van der Waals surface area contributed by atoms with Crippen molar-refractivity contribution in [2.75, 3.05) is 11.1 Å². The van der Waals surface area contributed by atoms with Gasteiger partial charge in [-0.2, -0.15) is 0 Å². The van der Waals surface area contributed by atoms with E-state index in [0.29, 0.717) is 28.0 Å². The highest BCUT2D eigenvalue weighted by Gasteiger charge is 2.10. The second-order valence-electron chi connectivity index (χ2n) is 6.15. The van der Waals surface area contributed by atoms with Crippen molar-refractivity contribution in [2.45, 2.75) is 6.54 Å². The van der Waals surface area contributed by atoms with Crippen LogP contribution >= 0.6 is 23.2 Å². The summed E-state index contributed by atoms with van der Waals surface area (Å²) < 4.78 is 7.55. The van der Waals surface area contributed by atoms with Crippen molar-refractivity contribution in [3.63, 3.8) is 0 Å². The van der Waals surface area contributed by atoms with Crippen LogP contribution in [0.5, 0.6) is 11.8 Å². The number of anilines is 2. The monoisotopic (exact) mass is 414 g/mol. The van der Waals surface area contributed by atoms with E-state index in [-0.39, 0.29) is 6.01 Å². The minimum Gasteiger partial charge on any atom is -0.423 e. The second kappa shape index (κ2) is 7.53. The fourth-order valence-corrected chi connectivity index (χ4v) is 3.07. The van der Waals surface area contributed by atoms with Crippen LogP contribution in [0.25, 0.3) is 11.0 Å². The zero-order chi connectivity index (χ0) is 19.7. The van der Waals surface area contributed by atoms with Crippen molar-refractivity contribution in [1.82, 2.24) is 19.5 Å². The van der Waals surface area contributed by atoms with Crippen LogP contribution in [0.4, 0.5) is 11.6 Å². The number of imidazole rings is 1. The summed E-state index contributed by atoms with van der Waals surface area (Å²) in [6.07, 6.45) is 2.92. The molecule has 9 heteroatoms. The molecule has 2 heterocycles. The van der Waals surface area contributed by atoms with Crippen molar-refractivity contribution in [3.05, 3.63) is 64.4 Å². The highest BCUT2D eigenvalue weighted by atomic mass is 35.5. The van der Waals surface area contributed by atoms with Crippen LogP contribution in [-0.2, 0) is 13.6 Å². The van der Waals surface area contributed by atoms with E-state index in [4.69, 9.17) is 33.7 Å². The lowest BCUT2D eigenvalue weighted by Crippen LogP contribution is -2.05. The molecule has 3 N–H and O–H groups in total. The predicted octanol–water partition coefficient (Wildman–Crippen LogP) is 4.66. The number of aryl methyl sites for hydroxylation is 1. The molecule has 0 fully saturated rings. The normalized spacial score (nSPS) is 11.0. The number of nitrogens with one attached hydrogen (secondary N) is 1. The van der Waals surface area contributed by atoms with Gasteiger partial charge in [-0.1, -0.05) is 29.3 Å². The lowest BCUT2D eigenvalue weighted by atomic mass is 10.2. The van der Waals surface area contributed by atoms with Crippen LogP contribution in [0.1, 0.15) is 5.56 Å². The standard InChI is InChI=1S/C19H16Cl2N6O/c1-27-16-7-13(22)3-4-15(16)26-18(27)23-8-11-2-5-17(14(21)6-11)28-19-24-9-12(20)10-25-19/h2-7,9-10H,8,22H2,1H3,(H,23,26). The lowest BCUT2D eigenvalue weighted by Gasteiger charge is -2.09. The van der Waals surface area contributed by atoms with Gasteiger partial charge in [0.15, 0.2) is 0 Å². The first-order valence-electron chi connectivity index (χ1n) is 8.39. The van der Waals surface area contributed by atoms with Crippen LogP contribution in [0.2, 0.25) is 10.0 Å². The van der Waals surface area contributed by atoms with Crippen LogP contribution in [0, 0.1) is 0 Å². The maximum atomic E-state index is 6.34. The number of nitrogens with two attached hydrogens (primary N) is 1. The molecule has 0 unspecified atom stereocenters. The Hall–Kier alpha value is -3.03. The molecule has 0 spiro atoms. The first kappa shape index (κ1) is 18.3. The number of ether oxygens (including phenoxy) is 1. The van der Waals surface area contributed by atoms with Gasteiger partial charge in [-0.3, -0.25) is 0 Å². The van der Waals surface area contributed by atoms with Gasteiger partial charge in [-0.25, -0.2) is 15.0 Å². The fraction of sp³-hybridized carbons (Fsp3) is 0.105. The van der Waals surface area contributed by atoms with Crippen molar-refractivity contribution >= 4 is 45.9 Å². The van der Waals surface area contributed by atoms with Crippen LogP contribution in [-0.4, -0.2) is 19.5 Å². The number of hydrogen-bond acceptors (Lipinski definition) is 6. The van der Waals surface area contributed by atoms with E-state index in [1.54, 1.807) is 6.07 Å². The van der Waals surface area contributed by atoms with Gasteiger partial charge in [0.1, 0.15) is 5.75 Å². The van der Waals surface area contributed by atoms with Gasteiger partial charge in [0.25, 0.3) is 0 Å². The third-order valence-corrected chi connectivity index (χ3v) is 4.64. The van der Waals surface area contributed by atoms with Crippen LogP contribution in [0.3, 0.4) is 0 Å². The zero-order valence-electron chi connectivity index (χ0n) is 14.9. The first-order chi connectivity index (χ1) is 13.5. The van der Waals surface area contributed by atoms with Gasteiger partial charge >= 0.3 is 6.01 Å². The van der Waals surface area contributed by atoms with E-state index in [1.807, 2.05) is 41.9 Å². The Kier molecular flexibility index (Phi) is 4.93. The Bertz CT molecular complexity index is 1140. The molecule has 0 saturated carbocycles. The molecule has 0 aliphatic carbocycles. The molecule has 0 aliphatic rings. The summed E-state index contributed by atoms with van der Waals surface area (Å²) in [5.74, 6) is 1.21. The minimum absolute atomic E-state index is 0.177. The molecule has 0 radical (unpaired) electrons. The molecule has 2 aromatic heterocycles. The molecule has 0 bridgehead atoms. The Balaban J connectivity index is 1.48. The van der Waals surface area contributed by atoms with Gasteiger partial charge in [0.05, 0.1) is 33.5 Å². The van der Waals surface area contributed by atoms with Crippen molar-refractivity contribution < 1.29 is 4.74 Å². The molecule has 0 aliphatic heterocycles. The maximum Gasteiger partial charge on any atom is 0.322 e. The van der Waals surface area contributed by atoms with E-state index in [2.05, 4.69) is 20.3 Å². The van der Waals surface area contributed by atoms with Crippen LogP contribution < -0.4 is 15.8 Å². The largest absolute Gasteiger partial charge is 0.423 e. The highest BCUT2D eigenvalue weighted by molar-refractivity contribution is 6.32. The summed E-state index contributed by atoms with van der Waals surface area (Å²) in [7, 11) is 1.94. The number of halogens is 2. The molecule has 142 valence electrons. The first-order valence-corrected chi connectivity index (χ1v) is 9.15. The smallest absolute Gasteiger partial charge is 0.322 e. The molecular formula is C19H16Cl2N6O. The summed E-state index contributed by atoms with van der Waals surface area (Å²) in [5, 5.41) is 4.20. The Labute approximate surface area is 171 Å². The summed E-state index contributed by atoms with van der Waals surface area (Å²) in [4.78, 5) is 12.6. The van der Waals surface area contributed by atoms with Gasteiger partial charge in [0.2, 0.25) is 5.95 Å². The van der Waals surface area contributed by atoms with Crippen molar-refractivity contribution in [2.24, 2.45) is 7.05 Å². The fourth-order valence-electron chi connectivity index (χ4n) is 2.73. The highest BCUT2D eigenvalue weighted by Crippen LogP contribution is 2.29. The molecule has 0 atom stereocenters. The van der Waals surface area contributed by atoms with E-state index in [9.17, 15) is 0 Å². The van der Waals surface area contributed by atoms with E-state index < -0.39 is 0 Å². The molecular weight excluding hydrogens is 399 g/mol. The number of nitrogen functional groups attached to an aromatic ring is 1. The molecule has 28 heavy (non-hydrogen) atoms. The molecule has 4 aromatic rings. The summed E-state index contributed by atoms with van der Waals surface area (Å²) in [5.41, 5.74) is 9.38.